The number of hydrogen-bond donors (Lipinski definition) is 3. The van der Waals surface area contributed by atoms with E-state index in [2.05, 4.69) is 39.1 Å². The Kier molecular flexibility index (Phi) is 12.9. The molecule has 0 radical (unpaired) electrons. The molecule has 3 N–H and O–H groups in total. The van der Waals surface area contributed by atoms with Crippen LogP contribution in [0.3, 0.4) is 0 Å². The average Bonchev–Trinajstić information content (AvgIpc) is 3.48. The molecule has 11 atom stereocenters. The topological polar surface area (TPSA) is 142 Å². The molecule has 1 spiro atoms. The second kappa shape index (κ2) is 17.2. The van der Waals surface area contributed by atoms with Crippen LogP contribution >= 0.6 is 0 Å². The summed E-state index contributed by atoms with van der Waals surface area (Å²) in [5.74, 6) is -2.15. The maximum Gasteiger partial charge on any atom is 0.411 e. The Balaban J connectivity index is 1.28. The summed E-state index contributed by atoms with van der Waals surface area (Å²) in [5.41, 5.74) is 2.08. The Bertz CT molecular complexity index is 1620. The van der Waals surface area contributed by atoms with Crippen molar-refractivity contribution in [2.45, 2.75) is 135 Å². The fourth-order valence-electron chi connectivity index (χ4n) is 8.79. The molecule has 1 amide bonds. The van der Waals surface area contributed by atoms with Gasteiger partial charge < -0.3 is 38.6 Å². The quantitative estimate of drug-likeness (QED) is 0.203. The number of benzene rings is 1. The molecule has 4 heterocycles. The Morgan fingerprint density at radius 3 is 2.59 bits per heavy atom. The minimum Gasteiger partial charge on any atom is -0.462 e. The molecule has 4 aliphatic heterocycles. The second-order valence-electron chi connectivity index (χ2n) is 15.8. The van der Waals surface area contributed by atoms with Gasteiger partial charge in [-0.05, 0) is 86.8 Å². The van der Waals surface area contributed by atoms with Gasteiger partial charge in [0.2, 0.25) is 0 Å². The van der Waals surface area contributed by atoms with E-state index in [4.69, 9.17) is 28.4 Å². The number of fused-ring (bicyclic) bond motifs is 2. The van der Waals surface area contributed by atoms with Crippen molar-refractivity contribution >= 4 is 17.7 Å². The number of carbonyl (C=O) groups excluding carboxylic acids is 2. The summed E-state index contributed by atoms with van der Waals surface area (Å²) >= 11 is 0. The fourth-order valence-corrected chi connectivity index (χ4v) is 8.79. The van der Waals surface area contributed by atoms with Gasteiger partial charge in [0.05, 0.1) is 38.1 Å². The minimum atomic E-state index is -1.78. The van der Waals surface area contributed by atoms with Crippen LogP contribution in [0.5, 0.6) is 0 Å². The lowest BCUT2D eigenvalue weighted by Gasteiger charge is -2.50. The fraction of sp³-hybridized carbons (Fsp3) is 0.628. The summed E-state index contributed by atoms with van der Waals surface area (Å²) in [5, 5.41) is 26.2. The number of ether oxygens (including phenoxy) is 6. The molecule has 1 aromatic rings. The molecule has 1 aromatic carbocycles. The first kappa shape index (κ1) is 40.3. The molecule has 2 bridgehead atoms. The van der Waals surface area contributed by atoms with Gasteiger partial charge >= 0.3 is 12.1 Å². The Morgan fingerprint density at radius 1 is 1.07 bits per heavy atom. The van der Waals surface area contributed by atoms with Crippen LogP contribution < -0.4 is 5.32 Å². The van der Waals surface area contributed by atoms with Gasteiger partial charge in [0.25, 0.3) is 0 Å². The average molecular weight is 750 g/mol. The first-order valence-corrected chi connectivity index (χ1v) is 19.8. The normalized spacial score (nSPS) is 39.6. The van der Waals surface area contributed by atoms with E-state index >= 15 is 0 Å². The Labute approximate surface area is 319 Å². The zero-order chi connectivity index (χ0) is 38.6. The van der Waals surface area contributed by atoms with Crippen LogP contribution in [0.1, 0.15) is 85.6 Å². The van der Waals surface area contributed by atoms with Crippen molar-refractivity contribution in [2.24, 2.45) is 17.8 Å². The Morgan fingerprint density at radius 2 is 1.85 bits per heavy atom. The summed E-state index contributed by atoms with van der Waals surface area (Å²) < 4.78 is 37.5. The number of esters is 1. The number of aliphatic hydroxyl groups is 2. The highest BCUT2D eigenvalue weighted by atomic mass is 16.7. The molecule has 0 aromatic heterocycles. The first-order valence-electron chi connectivity index (χ1n) is 19.8. The van der Waals surface area contributed by atoms with Gasteiger partial charge in [-0.15, -0.1) is 0 Å². The van der Waals surface area contributed by atoms with Gasteiger partial charge in [-0.2, -0.15) is 0 Å². The van der Waals surface area contributed by atoms with Gasteiger partial charge in [0.15, 0.2) is 5.79 Å². The molecule has 3 saturated heterocycles. The SMILES string of the molecule is CCOC(=O)Nc1ccc(CCO[C@H]2/C(C)=C/C[C@@H]3C[C@@H](C[C@]4(CC[C@H](C)[C@@H](CC)O4)O3)OC(=O)[C@@H]3C=C(C)[C@@H](O)[C@H]4OC/C(=C\C=C\[C@@H]2C)[C@]43O)cc1. The van der Waals surface area contributed by atoms with E-state index in [-0.39, 0.29) is 30.8 Å². The van der Waals surface area contributed by atoms with Crippen molar-refractivity contribution in [3.05, 3.63) is 76.9 Å². The van der Waals surface area contributed by atoms with E-state index in [1.807, 2.05) is 36.4 Å². The number of aliphatic hydroxyl groups excluding tert-OH is 1. The molecule has 11 heteroatoms. The summed E-state index contributed by atoms with van der Waals surface area (Å²) in [6, 6.07) is 7.63. The number of rotatable bonds is 7. The van der Waals surface area contributed by atoms with Crippen molar-refractivity contribution in [3.8, 4) is 0 Å². The third kappa shape index (κ3) is 8.72. The molecule has 0 saturated carbocycles. The zero-order valence-corrected chi connectivity index (χ0v) is 32.6. The van der Waals surface area contributed by atoms with Gasteiger partial charge in [-0.1, -0.05) is 63.3 Å². The highest BCUT2D eigenvalue weighted by Crippen LogP contribution is 2.47. The summed E-state index contributed by atoms with van der Waals surface area (Å²) in [6.45, 7) is 12.9. The van der Waals surface area contributed by atoms with E-state index < -0.39 is 47.7 Å². The number of carbonyl (C=O) groups is 2. The maximum atomic E-state index is 14.2. The summed E-state index contributed by atoms with van der Waals surface area (Å²) in [4.78, 5) is 26.0. The van der Waals surface area contributed by atoms with Gasteiger partial charge in [-0.25, -0.2) is 4.79 Å². The summed E-state index contributed by atoms with van der Waals surface area (Å²) in [6.07, 6.45) is 10.6. The highest BCUT2D eigenvalue weighted by Gasteiger charge is 2.60. The minimum absolute atomic E-state index is 0.0367. The number of amides is 1. The summed E-state index contributed by atoms with van der Waals surface area (Å²) in [7, 11) is 0. The standard InChI is InChI=1S/C43H59NO10/c1-7-36-26(3)18-20-42(54-36)24-34-23-33(53-42)17-12-28(5)38(50-21-19-30-13-15-32(16-14-30)44-41(47)49-8-2)27(4)10-9-11-31-25-51-39-37(45)29(6)22-35(40(46)52-34)43(31,39)48/h9-16,22,26-27,33-39,45,48H,7-8,17-21,23-25H2,1-6H3,(H,44,47)/b10-9+,28-12+,31-11+/t26-,27-,33+,34-,35-,36+,37+,38+,39+,42+,43+/m0/s1. The third-order valence-corrected chi connectivity index (χ3v) is 11.9. The molecule has 11 nitrogen and oxygen atoms in total. The van der Waals surface area contributed by atoms with Crippen molar-refractivity contribution in [1.29, 1.82) is 0 Å². The maximum absolute atomic E-state index is 14.2. The smallest absolute Gasteiger partial charge is 0.411 e. The largest absolute Gasteiger partial charge is 0.462 e. The van der Waals surface area contributed by atoms with Crippen LogP contribution in [0.25, 0.3) is 0 Å². The molecule has 6 rings (SSSR count). The number of allylic oxidation sites excluding steroid dienone is 2. The van der Waals surface area contributed by atoms with Gasteiger partial charge in [0, 0.05) is 30.9 Å². The monoisotopic (exact) mass is 749 g/mol. The molecular weight excluding hydrogens is 690 g/mol. The third-order valence-electron chi connectivity index (χ3n) is 11.9. The molecule has 5 aliphatic rings. The highest BCUT2D eigenvalue weighted by molar-refractivity contribution is 5.84. The molecular formula is C43H59NO10. The van der Waals surface area contributed by atoms with Crippen LogP contribution in [0, 0.1) is 17.8 Å². The van der Waals surface area contributed by atoms with E-state index in [9.17, 15) is 19.8 Å². The van der Waals surface area contributed by atoms with Gasteiger partial charge in [-0.3, -0.25) is 10.1 Å². The number of hydrogen-bond acceptors (Lipinski definition) is 10. The van der Waals surface area contributed by atoms with Crippen molar-refractivity contribution in [3.63, 3.8) is 0 Å². The van der Waals surface area contributed by atoms with Crippen molar-refractivity contribution in [1.82, 2.24) is 0 Å². The Hall–Kier alpha value is -3.32. The van der Waals surface area contributed by atoms with Crippen LogP contribution in [-0.4, -0.2) is 90.1 Å². The molecule has 54 heavy (non-hydrogen) atoms. The van der Waals surface area contributed by atoms with E-state index in [0.717, 1.165) is 24.0 Å². The second-order valence-corrected chi connectivity index (χ2v) is 15.8. The molecule has 296 valence electrons. The van der Waals surface area contributed by atoms with Crippen LogP contribution in [0.2, 0.25) is 0 Å². The van der Waals surface area contributed by atoms with Crippen molar-refractivity contribution < 1.29 is 48.2 Å². The lowest BCUT2D eigenvalue weighted by molar-refractivity contribution is -0.335. The molecule has 3 fully saturated rings. The van der Waals surface area contributed by atoms with Crippen LogP contribution in [0.15, 0.2) is 71.4 Å². The number of nitrogens with one attached hydrogen (secondary N) is 1. The van der Waals surface area contributed by atoms with Crippen LogP contribution in [-0.2, 0) is 39.6 Å². The lowest BCUT2D eigenvalue weighted by Crippen LogP contribution is -2.58. The molecule has 1 aliphatic carbocycles. The van der Waals surface area contributed by atoms with Gasteiger partial charge in [0.1, 0.15) is 29.8 Å². The lowest BCUT2D eigenvalue weighted by atomic mass is 9.71. The van der Waals surface area contributed by atoms with Crippen LogP contribution in [0.4, 0.5) is 10.5 Å². The van der Waals surface area contributed by atoms with E-state index in [0.29, 0.717) is 68.1 Å². The van der Waals surface area contributed by atoms with E-state index in [1.54, 1.807) is 26.0 Å². The zero-order valence-electron chi connectivity index (χ0n) is 32.6. The van der Waals surface area contributed by atoms with E-state index in [1.165, 1.54) is 0 Å². The predicted octanol–water partition coefficient (Wildman–Crippen LogP) is 6.73. The predicted molar refractivity (Wildman–Crippen MR) is 204 cm³/mol. The molecule has 0 unspecified atom stereocenters. The van der Waals surface area contributed by atoms with Crippen molar-refractivity contribution in [2.75, 3.05) is 25.1 Å². The first-order chi connectivity index (χ1) is 25.9. The number of anilines is 1.